The first kappa shape index (κ1) is 14.3. The van der Waals surface area contributed by atoms with Crippen LogP contribution in [0, 0.1) is 13.8 Å². The van der Waals surface area contributed by atoms with Gasteiger partial charge in [-0.2, -0.15) is 5.10 Å². The summed E-state index contributed by atoms with van der Waals surface area (Å²) in [5.74, 6) is 0. The molecule has 1 unspecified atom stereocenters. The van der Waals surface area contributed by atoms with Crippen molar-refractivity contribution < 1.29 is 0 Å². The molecule has 104 valence electrons. The fourth-order valence-electron chi connectivity index (χ4n) is 2.42. The highest BCUT2D eigenvalue weighted by Crippen LogP contribution is 2.24. The van der Waals surface area contributed by atoms with Gasteiger partial charge in [0.05, 0.1) is 5.69 Å². The van der Waals surface area contributed by atoms with Crippen molar-refractivity contribution in [2.75, 3.05) is 0 Å². The number of thiophene rings is 1. The standard InChI is InChI=1S/C15H23N3S/c1-5-7-14(15-8-6-9-19-15)16-10-13-11(2)17-18(4)12(13)3/h6,8-9,14,16H,5,7,10H2,1-4H3. The minimum Gasteiger partial charge on any atom is -0.305 e. The fourth-order valence-corrected chi connectivity index (χ4v) is 3.26. The molecule has 19 heavy (non-hydrogen) atoms. The van der Waals surface area contributed by atoms with Gasteiger partial charge < -0.3 is 5.32 Å². The maximum Gasteiger partial charge on any atom is 0.0641 e. The Labute approximate surface area is 119 Å². The molecular formula is C15H23N3S. The normalized spacial score (nSPS) is 12.8. The third-order valence-corrected chi connectivity index (χ3v) is 4.63. The summed E-state index contributed by atoms with van der Waals surface area (Å²) in [5.41, 5.74) is 3.72. The number of hydrogen-bond donors (Lipinski definition) is 1. The van der Waals surface area contributed by atoms with E-state index in [0.717, 1.165) is 12.2 Å². The third kappa shape index (κ3) is 3.25. The van der Waals surface area contributed by atoms with Crippen LogP contribution in [-0.2, 0) is 13.6 Å². The highest BCUT2D eigenvalue weighted by atomic mass is 32.1. The molecule has 0 saturated heterocycles. The van der Waals surface area contributed by atoms with E-state index >= 15 is 0 Å². The molecule has 0 fully saturated rings. The van der Waals surface area contributed by atoms with Crippen LogP contribution in [0.25, 0.3) is 0 Å². The topological polar surface area (TPSA) is 29.9 Å². The maximum atomic E-state index is 4.48. The zero-order chi connectivity index (χ0) is 13.8. The van der Waals surface area contributed by atoms with Crippen LogP contribution in [-0.4, -0.2) is 9.78 Å². The lowest BCUT2D eigenvalue weighted by molar-refractivity contribution is 0.499. The van der Waals surface area contributed by atoms with Gasteiger partial charge in [0.15, 0.2) is 0 Å². The summed E-state index contributed by atoms with van der Waals surface area (Å²) in [6, 6.07) is 4.82. The molecule has 0 aliphatic rings. The second-order valence-electron chi connectivity index (χ2n) is 5.01. The Balaban J connectivity index is 2.07. The molecule has 4 heteroatoms. The van der Waals surface area contributed by atoms with Crippen molar-refractivity contribution >= 4 is 11.3 Å². The molecule has 1 atom stereocenters. The molecule has 1 N–H and O–H groups in total. The number of nitrogens with one attached hydrogen (secondary N) is 1. The van der Waals surface area contributed by atoms with Gasteiger partial charge in [0.2, 0.25) is 0 Å². The Kier molecular flexibility index (Phi) is 4.77. The average Bonchev–Trinajstić information content (AvgIpc) is 2.97. The monoisotopic (exact) mass is 277 g/mol. The summed E-state index contributed by atoms with van der Waals surface area (Å²) in [4.78, 5) is 1.43. The predicted octanol–water partition coefficient (Wildman–Crippen LogP) is 3.73. The fraction of sp³-hybridized carbons (Fsp3) is 0.533. The smallest absolute Gasteiger partial charge is 0.0641 e. The summed E-state index contributed by atoms with van der Waals surface area (Å²) in [6.07, 6.45) is 2.37. The number of aromatic nitrogens is 2. The Morgan fingerprint density at radius 3 is 2.74 bits per heavy atom. The van der Waals surface area contributed by atoms with Crippen LogP contribution >= 0.6 is 11.3 Å². The Morgan fingerprint density at radius 2 is 2.21 bits per heavy atom. The van der Waals surface area contributed by atoms with E-state index in [1.807, 2.05) is 23.1 Å². The van der Waals surface area contributed by atoms with Crippen molar-refractivity contribution in [3.63, 3.8) is 0 Å². The molecule has 0 aliphatic carbocycles. The van der Waals surface area contributed by atoms with Crippen molar-refractivity contribution in [2.24, 2.45) is 7.05 Å². The molecule has 0 spiro atoms. The maximum absolute atomic E-state index is 4.48. The third-order valence-electron chi connectivity index (χ3n) is 3.65. The SMILES string of the molecule is CCCC(NCc1c(C)nn(C)c1C)c1cccs1. The number of aryl methyl sites for hydroxylation is 2. The first-order valence-electron chi connectivity index (χ1n) is 6.89. The number of rotatable bonds is 6. The average molecular weight is 277 g/mol. The number of nitrogens with zero attached hydrogens (tertiary/aromatic N) is 2. The molecule has 2 rings (SSSR count). The Morgan fingerprint density at radius 1 is 1.42 bits per heavy atom. The van der Waals surface area contributed by atoms with E-state index < -0.39 is 0 Å². The highest BCUT2D eigenvalue weighted by Gasteiger charge is 2.14. The van der Waals surface area contributed by atoms with Gasteiger partial charge >= 0.3 is 0 Å². The van der Waals surface area contributed by atoms with E-state index in [9.17, 15) is 0 Å². The van der Waals surface area contributed by atoms with Gasteiger partial charge in [-0.1, -0.05) is 19.4 Å². The molecule has 0 aliphatic heterocycles. The van der Waals surface area contributed by atoms with Crippen LogP contribution in [0.5, 0.6) is 0 Å². The van der Waals surface area contributed by atoms with Gasteiger partial charge in [-0.3, -0.25) is 4.68 Å². The zero-order valence-electron chi connectivity index (χ0n) is 12.2. The minimum absolute atomic E-state index is 0.462. The van der Waals surface area contributed by atoms with E-state index in [-0.39, 0.29) is 0 Å². The Bertz CT molecular complexity index is 514. The molecule has 0 bridgehead atoms. The molecule has 0 saturated carbocycles. The van der Waals surface area contributed by atoms with Crippen molar-refractivity contribution in [3.8, 4) is 0 Å². The summed E-state index contributed by atoms with van der Waals surface area (Å²) < 4.78 is 1.96. The Hall–Kier alpha value is -1.13. The van der Waals surface area contributed by atoms with E-state index in [1.165, 1.54) is 29.0 Å². The quantitative estimate of drug-likeness (QED) is 0.872. The summed E-state index contributed by atoms with van der Waals surface area (Å²) >= 11 is 1.84. The summed E-state index contributed by atoms with van der Waals surface area (Å²) in [7, 11) is 2.01. The van der Waals surface area contributed by atoms with Gasteiger partial charge in [-0.25, -0.2) is 0 Å². The van der Waals surface area contributed by atoms with Crippen LogP contribution in [0.2, 0.25) is 0 Å². The number of hydrogen-bond acceptors (Lipinski definition) is 3. The van der Waals surface area contributed by atoms with Crippen molar-refractivity contribution in [2.45, 2.75) is 46.2 Å². The molecule has 2 aromatic heterocycles. The zero-order valence-corrected chi connectivity index (χ0v) is 13.0. The first-order chi connectivity index (χ1) is 9.13. The molecular weight excluding hydrogens is 254 g/mol. The van der Waals surface area contributed by atoms with Crippen LogP contribution in [0.4, 0.5) is 0 Å². The van der Waals surface area contributed by atoms with Crippen LogP contribution < -0.4 is 5.32 Å². The van der Waals surface area contributed by atoms with Crippen molar-refractivity contribution in [1.82, 2.24) is 15.1 Å². The lowest BCUT2D eigenvalue weighted by atomic mass is 10.1. The molecule has 2 heterocycles. The predicted molar refractivity (Wildman–Crippen MR) is 81.5 cm³/mol. The second-order valence-corrected chi connectivity index (χ2v) is 5.99. The summed E-state index contributed by atoms with van der Waals surface area (Å²) in [5, 5.41) is 10.3. The van der Waals surface area contributed by atoms with E-state index in [2.05, 4.69) is 48.7 Å². The summed E-state index contributed by atoms with van der Waals surface area (Å²) in [6.45, 7) is 7.36. The molecule has 3 nitrogen and oxygen atoms in total. The van der Waals surface area contributed by atoms with E-state index in [1.54, 1.807) is 0 Å². The van der Waals surface area contributed by atoms with Crippen LogP contribution in [0.3, 0.4) is 0 Å². The van der Waals surface area contributed by atoms with Gasteiger partial charge in [-0.05, 0) is 31.7 Å². The highest BCUT2D eigenvalue weighted by molar-refractivity contribution is 7.10. The van der Waals surface area contributed by atoms with Crippen molar-refractivity contribution in [3.05, 3.63) is 39.3 Å². The first-order valence-corrected chi connectivity index (χ1v) is 7.77. The van der Waals surface area contributed by atoms with Crippen molar-refractivity contribution in [1.29, 1.82) is 0 Å². The van der Waals surface area contributed by atoms with Gasteiger partial charge in [0, 0.05) is 35.8 Å². The molecule has 0 amide bonds. The van der Waals surface area contributed by atoms with Crippen LogP contribution in [0.1, 0.15) is 47.6 Å². The lowest BCUT2D eigenvalue weighted by Crippen LogP contribution is -2.20. The molecule has 0 aromatic carbocycles. The molecule has 0 radical (unpaired) electrons. The minimum atomic E-state index is 0.462. The van der Waals surface area contributed by atoms with E-state index in [0.29, 0.717) is 6.04 Å². The van der Waals surface area contributed by atoms with Gasteiger partial charge in [0.1, 0.15) is 0 Å². The molecule has 2 aromatic rings. The van der Waals surface area contributed by atoms with Crippen LogP contribution in [0.15, 0.2) is 17.5 Å². The lowest BCUT2D eigenvalue weighted by Gasteiger charge is -2.17. The van der Waals surface area contributed by atoms with Gasteiger partial charge in [0.25, 0.3) is 0 Å². The largest absolute Gasteiger partial charge is 0.305 e. The van der Waals surface area contributed by atoms with E-state index in [4.69, 9.17) is 0 Å². The second kappa shape index (κ2) is 6.35. The van der Waals surface area contributed by atoms with Gasteiger partial charge in [-0.15, -0.1) is 11.3 Å².